The van der Waals surface area contributed by atoms with Gasteiger partial charge in [0.05, 0.1) is 23.4 Å². The zero-order chi connectivity index (χ0) is 38.5. The van der Waals surface area contributed by atoms with Crippen molar-refractivity contribution in [2.24, 2.45) is 5.92 Å². The molecular weight excluding hydrogens is 714 g/mol. The van der Waals surface area contributed by atoms with Crippen LogP contribution < -0.4 is 19.9 Å². The molecular formula is C44H44FN5O6. The quantitative estimate of drug-likeness (QED) is 0.243. The lowest BCUT2D eigenvalue weighted by atomic mass is 9.76. The lowest BCUT2D eigenvalue weighted by molar-refractivity contribution is -0.136. The first-order valence-corrected chi connectivity index (χ1v) is 19.6. The summed E-state index contributed by atoms with van der Waals surface area (Å²) in [6.07, 6.45) is 2.23. The van der Waals surface area contributed by atoms with Gasteiger partial charge in [-0.2, -0.15) is 0 Å². The molecule has 0 aliphatic carbocycles. The van der Waals surface area contributed by atoms with Gasteiger partial charge in [0.25, 0.3) is 11.8 Å². The van der Waals surface area contributed by atoms with Gasteiger partial charge in [-0.25, -0.2) is 4.39 Å². The van der Waals surface area contributed by atoms with Gasteiger partial charge in [-0.05, 0) is 66.6 Å². The lowest BCUT2D eigenvalue weighted by Crippen LogP contribution is -2.54. The summed E-state index contributed by atoms with van der Waals surface area (Å²) in [4.78, 5) is 58.2. The second-order valence-corrected chi connectivity index (χ2v) is 15.6. The molecule has 0 saturated carbocycles. The number of ether oxygens (including phenoxy) is 1. The van der Waals surface area contributed by atoms with E-state index < -0.39 is 35.5 Å². The van der Waals surface area contributed by atoms with Gasteiger partial charge in [0.1, 0.15) is 23.4 Å². The molecule has 9 rings (SSSR count). The first kappa shape index (κ1) is 35.9. The standard InChI is InChI=1S/C44H44FN5O6/c45-36-23-33-34(44(55)50(43(33)54)37-12-13-40(52)46-42(37)53)24-38(36)49-20-18-47(19-21-49)25-27-14-16-48(17-15-27)30-8-6-29(7-9-30)41-32-11-10-31(51)22-39(32)56-26-35(41)28-4-2-1-3-5-28/h1-11,22-24,27,35,37,41,51H,12-21,25-26H2,(H,46,52,53)/t35-,37?,41-/m1/s1. The van der Waals surface area contributed by atoms with Crippen LogP contribution in [0.4, 0.5) is 15.8 Å². The highest BCUT2D eigenvalue weighted by atomic mass is 19.1. The van der Waals surface area contributed by atoms with E-state index in [2.05, 4.69) is 63.6 Å². The number of nitrogens with one attached hydrogen (secondary N) is 1. The smallest absolute Gasteiger partial charge is 0.262 e. The number of benzene rings is 4. The third kappa shape index (κ3) is 6.65. The highest BCUT2D eigenvalue weighted by Gasteiger charge is 2.45. The average Bonchev–Trinajstić information content (AvgIpc) is 3.45. The van der Waals surface area contributed by atoms with Crippen LogP contribution in [0, 0.1) is 11.7 Å². The summed E-state index contributed by atoms with van der Waals surface area (Å²) in [7, 11) is 0. The number of nitrogens with zero attached hydrogens (tertiary/aromatic N) is 4. The molecule has 0 spiro atoms. The van der Waals surface area contributed by atoms with Gasteiger partial charge in [0.15, 0.2) is 0 Å². The summed E-state index contributed by atoms with van der Waals surface area (Å²) in [5.41, 5.74) is 5.07. The number of piperazine rings is 1. The third-order valence-corrected chi connectivity index (χ3v) is 12.3. The zero-order valence-electron chi connectivity index (χ0n) is 31.0. The van der Waals surface area contributed by atoms with Crippen molar-refractivity contribution in [3.05, 3.63) is 119 Å². The van der Waals surface area contributed by atoms with Crippen molar-refractivity contribution in [1.82, 2.24) is 15.1 Å². The number of hydrogen-bond donors (Lipinski definition) is 2. The minimum Gasteiger partial charge on any atom is -0.508 e. The van der Waals surface area contributed by atoms with E-state index in [9.17, 15) is 24.3 Å². The molecule has 0 bridgehead atoms. The fourth-order valence-electron chi connectivity index (χ4n) is 9.32. The fourth-order valence-corrected chi connectivity index (χ4v) is 9.32. The van der Waals surface area contributed by atoms with Gasteiger partial charge >= 0.3 is 0 Å². The normalized spacial score (nSPS) is 23.2. The molecule has 4 aromatic rings. The van der Waals surface area contributed by atoms with Crippen LogP contribution in [0.25, 0.3) is 0 Å². The number of amides is 4. The Kier molecular flexibility index (Phi) is 9.44. The number of imide groups is 2. The molecule has 5 heterocycles. The SMILES string of the molecule is O=C1CCC(N2C(=O)c3cc(F)c(N4CCN(CC5CCN(c6ccc([C@@H]7c8ccc(O)cc8OC[C@@H]7c7ccccc7)cc6)CC5)CC4)cc3C2=O)C(=O)N1. The van der Waals surface area contributed by atoms with E-state index in [1.165, 1.54) is 22.9 Å². The Bertz CT molecular complexity index is 2180. The van der Waals surface area contributed by atoms with E-state index in [1.54, 1.807) is 12.1 Å². The summed E-state index contributed by atoms with van der Waals surface area (Å²) in [6.45, 7) is 6.14. The highest BCUT2D eigenvalue weighted by Crippen LogP contribution is 2.47. The first-order valence-electron chi connectivity index (χ1n) is 19.6. The van der Waals surface area contributed by atoms with Crippen LogP contribution in [0.1, 0.15) is 74.9 Å². The Morgan fingerprint density at radius 2 is 1.46 bits per heavy atom. The van der Waals surface area contributed by atoms with Gasteiger partial charge in [0.2, 0.25) is 11.8 Å². The largest absolute Gasteiger partial charge is 0.508 e. The molecule has 3 atom stereocenters. The van der Waals surface area contributed by atoms with Crippen LogP contribution in [-0.4, -0.2) is 97.0 Å². The highest BCUT2D eigenvalue weighted by molar-refractivity contribution is 6.23. The Morgan fingerprint density at radius 3 is 2.18 bits per heavy atom. The second-order valence-electron chi connectivity index (χ2n) is 15.6. The summed E-state index contributed by atoms with van der Waals surface area (Å²) in [5.74, 6) is -1.31. The molecule has 2 N–H and O–H groups in total. The van der Waals surface area contributed by atoms with E-state index in [4.69, 9.17) is 4.74 Å². The van der Waals surface area contributed by atoms with Crippen LogP contribution in [0.5, 0.6) is 11.5 Å². The molecule has 4 aromatic carbocycles. The van der Waals surface area contributed by atoms with Gasteiger partial charge < -0.3 is 19.6 Å². The first-order chi connectivity index (χ1) is 27.2. The van der Waals surface area contributed by atoms with Gasteiger partial charge in [-0.3, -0.25) is 34.3 Å². The molecule has 56 heavy (non-hydrogen) atoms. The summed E-state index contributed by atoms with van der Waals surface area (Å²) in [6, 6.07) is 26.4. The minimum absolute atomic E-state index is 0.0262. The number of anilines is 2. The van der Waals surface area contributed by atoms with Crippen molar-refractivity contribution in [2.45, 2.75) is 43.6 Å². The van der Waals surface area contributed by atoms with Crippen LogP contribution in [-0.2, 0) is 9.59 Å². The fraction of sp³-hybridized carbons (Fsp3) is 0.364. The van der Waals surface area contributed by atoms with E-state index in [0.29, 0.717) is 25.6 Å². The van der Waals surface area contributed by atoms with E-state index >= 15 is 4.39 Å². The number of halogens is 1. The van der Waals surface area contributed by atoms with Crippen LogP contribution >= 0.6 is 0 Å². The van der Waals surface area contributed by atoms with E-state index in [1.807, 2.05) is 17.0 Å². The number of aromatic hydroxyl groups is 1. The van der Waals surface area contributed by atoms with Crippen LogP contribution in [0.3, 0.4) is 0 Å². The Hall–Kier alpha value is -5.75. The number of hydrogen-bond acceptors (Lipinski definition) is 9. The molecule has 3 fully saturated rings. The van der Waals surface area contributed by atoms with E-state index in [-0.39, 0.29) is 47.2 Å². The number of phenolic OH excluding ortho intramolecular Hbond substituents is 1. The second kappa shape index (κ2) is 14.7. The van der Waals surface area contributed by atoms with E-state index in [0.717, 1.165) is 67.8 Å². The minimum atomic E-state index is -1.09. The molecule has 0 aromatic heterocycles. The molecule has 288 valence electrons. The topological polar surface area (TPSA) is 123 Å². The van der Waals surface area contributed by atoms with Crippen molar-refractivity contribution in [1.29, 1.82) is 0 Å². The molecule has 5 aliphatic rings. The van der Waals surface area contributed by atoms with Crippen molar-refractivity contribution < 1.29 is 33.4 Å². The monoisotopic (exact) mass is 757 g/mol. The number of rotatable bonds is 7. The average molecular weight is 758 g/mol. The summed E-state index contributed by atoms with van der Waals surface area (Å²) < 4.78 is 21.6. The molecule has 0 radical (unpaired) electrons. The maximum absolute atomic E-state index is 15.5. The number of piperidine rings is 2. The Morgan fingerprint density at radius 1 is 0.750 bits per heavy atom. The van der Waals surface area contributed by atoms with Crippen LogP contribution in [0.15, 0.2) is 84.9 Å². The van der Waals surface area contributed by atoms with Crippen molar-refractivity contribution in [3.8, 4) is 11.5 Å². The molecule has 1 unspecified atom stereocenters. The summed E-state index contributed by atoms with van der Waals surface area (Å²) >= 11 is 0. The number of fused-ring (bicyclic) bond motifs is 2. The third-order valence-electron chi connectivity index (χ3n) is 12.3. The Labute approximate surface area is 324 Å². The molecule has 3 saturated heterocycles. The van der Waals surface area contributed by atoms with Gasteiger partial charge in [-0.15, -0.1) is 0 Å². The molecule has 11 nitrogen and oxygen atoms in total. The molecule has 5 aliphatic heterocycles. The molecule has 4 amide bonds. The van der Waals surface area contributed by atoms with Crippen molar-refractivity contribution in [3.63, 3.8) is 0 Å². The summed E-state index contributed by atoms with van der Waals surface area (Å²) in [5, 5.41) is 12.3. The predicted molar refractivity (Wildman–Crippen MR) is 208 cm³/mol. The molecule has 12 heteroatoms. The zero-order valence-corrected chi connectivity index (χ0v) is 31.0. The van der Waals surface area contributed by atoms with Gasteiger partial charge in [0, 0.05) is 81.4 Å². The van der Waals surface area contributed by atoms with Gasteiger partial charge in [-0.1, -0.05) is 48.5 Å². The number of phenols is 1. The number of carbonyl (C=O) groups is 4. The van der Waals surface area contributed by atoms with Crippen molar-refractivity contribution >= 4 is 35.0 Å². The maximum atomic E-state index is 15.5. The lowest BCUT2D eigenvalue weighted by Gasteiger charge is -2.40. The Balaban J connectivity index is 0.799. The van der Waals surface area contributed by atoms with Crippen LogP contribution in [0.2, 0.25) is 0 Å². The predicted octanol–water partition coefficient (Wildman–Crippen LogP) is 5.28. The number of carbonyl (C=O) groups excluding carboxylic acids is 4. The van der Waals surface area contributed by atoms with Crippen molar-refractivity contribution in [2.75, 3.05) is 62.2 Å². The maximum Gasteiger partial charge on any atom is 0.262 e.